The highest BCUT2D eigenvalue weighted by Gasteiger charge is 2.18. The Bertz CT molecular complexity index is 1040. The molecule has 1 aliphatic rings. The van der Waals surface area contributed by atoms with E-state index < -0.39 is 0 Å². The SMILES string of the molecule is CCN1CCN(Cc2ccc(NC(=O)c3cc(-c4c(C)nn(C)c4C)n[nH]3)cc2)CC1. The van der Waals surface area contributed by atoms with E-state index >= 15 is 0 Å². The molecule has 0 aliphatic carbocycles. The number of likely N-dealkylation sites (N-methyl/N-ethyl adjacent to an activating group) is 1. The Labute approximate surface area is 183 Å². The first kappa shape index (κ1) is 21.3. The van der Waals surface area contributed by atoms with Crippen molar-refractivity contribution in [2.24, 2.45) is 7.05 Å². The fraction of sp³-hybridized carbons (Fsp3) is 0.435. The number of aryl methyl sites for hydroxylation is 2. The van der Waals surface area contributed by atoms with E-state index in [1.807, 2.05) is 37.7 Å². The van der Waals surface area contributed by atoms with E-state index in [4.69, 9.17) is 0 Å². The largest absolute Gasteiger partial charge is 0.321 e. The van der Waals surface area contributed by atoms with Crippen LogP contribution in [0.25, 0.3) is 11.3 Å². The first-order chi connectivity index (χ1) is 14.9. The number of nitrogens with zero attached hydrogens (tertiary/aromatic N) is 5. The van der Waals surface area contributed by atoms with Crippen LogP contribution < -0.4 is 5.32 Å². The normalized spacial score (nSPS) is 15.4. The third-order valence-electron chi connectivity index (χ3n) is 6.12. The third kappa shape index (κ3) is 4.70. The molecule has 8 nitrogen and oxygen atoms in total. The second-order valence-corrected chi connectivity index (χ2v) is 8.20. The van der Waals surface area contributed by atoms with Gasteiger partial charge in [0.15, 0.2) is 0 Å². The van der Waals surface area contributed by atoms with Gasteiger partial charge in [0, 0.05) is 56.7 Å². The van der Waals surface area contributed by atoms with E-state index in [1.165, 1.54) is 5.56 Å². The lowest BCUT2D eigenvalue weighted by molar-refractivity contribution is 0.102. The number of piperazine rings is 1. The summed E-state index contributed by atoms with van der Waals surface area (Å²) in [5.74, 6) is -0.207. The highest BCUT2D eigenvalue weighted by Crippen LogP contribution is 2.25. The molecule has 0 bridgehead atoms. The Hall–Kier alpha value is -2.97. The Balaban J connectivity index is 1.36. The summed E-state index contributed by atoms with van der Waals surface area (Å²) < 4.78 is 1.82. The molecule has 0 spiro atoms. The topological polar surface area (TPSA) is 82.1 Å². The van der Waals surface area contributed by atoms with Crippen LogP contribution in [-0.4, -0.2) is 68.4 Å². The Morgan fingerprint density at radius 1 is 1.10 bits per heavy atom. The molecular weight excluding hydrogens is 390 g/mol. The maximum atomic E-state index is 12.7. The predicted molar refractivity (Wildman–Crippen MR) is 122 cm³/mol. The molecule has 1 aliphatic heterocycles. The zero-order valence-electron chi connectivity index (χ0n) is 18.8. The van der Waals surface area contributed by atoms with Crippen LogP contribution >= 0.6 is 0 Å². The van der Waals surface area contributed by atoms with Crippen molar-refractivity contribution in [3.05, 3.63) is 53.0 Å². The van der Waals surface area contributed by atoms with Crippen LogP contribution in [-0.2, 0) is 13.6 Å². The molecule has 1 saturated heterocycles. The van der Waals surface area contributed by atoms with Gasteiger partial charge < -0.3 is 10.2 Å². The summed E-state index contributed by atoms with van der Waals surface area (Å²) in [5.41, 5.74) is 6.06. The molecule has 1 fully saturated rings. The van der Waals surface area contributed by atoms with Gasteiger partial charge in [0.1, 0.15) is 5.69 Å². The summed E-state index contributed by atoms with van der Waals surface area (Å²) in [4.78, 5) is 17.6. The van der Waals surface area contributed by atoms with E-state index in [2.05, 4.69) is 49.5 Å². The van der Waals surface area contributed by atoms with E-state index in [0.717, 1.165) is 67.6 Å². The number of amides is 1. The van der Waals surface area contributed by atoms with Crippen LogP contribution in [0.2, 0.25) is 0 Å². The van der Waals surface area contributed by atoms with Gasteiger partial charge in [-0.3, -0.25) is 19.5 Å². The molecule has 2 N–H and O–H groups in total. The minimum absolute atomic E-state index is 0.207. The standard InChI is InChI=1S/C23H31N7O/c1-5-29-10-12-30(13-11-29)15-18-6-8-19(9-7-18)24-23(31)21-14-20(25-26-21)22-16(2)27-28(4)17(22)3/h6-9,14H,5,10-13,15H2,1-4H3,(H,24,31)(H,25,26). The Kier molecular flexibility index (Phi) is 6.20. The summed E-state index contributed by atoms with van der Waals surface area (Å²) >= 11 is 0. The number of carbonyl (C=O) groups is 1. The average molecular weight is 422 g/mol. The smallest absolute Gasteiger partial charge is 0.273 e. The molecule has 2 aromatic heterocycles. The van der Waals surface area contributed by atoms with Crippen LogP contribution in [0.3, 0.4) is 0 Å². The number of aromatic amines is 1. The maximum absolute atomic E-state index is 12.7. The molecular formula is C23H31N7O. The molecule has 1 amide bonds. The first-order valence-corrected chi connectivity index (χ1v) is 10.9. The van der Waals surface area contributed by atoms with Crippen LogP contribution in [0, 0.1) is 13.8 Å². The number of carbonyl (C=O) groups excluding carboxylic acids is 1. The van der Waals surface area contributed by atoms with Gasteiger partial charge in [-0.05, 0) is 44.2 Å². The van der Waals surface area contributed by atoms with Gasteiger partial charge in [-0.25, -0.2) is 0 Å². The van der Waals surface area contributed by atoms with Crippen molar-refractivity contribution in [3.8, 4) is 11.3 Å². The van der Waals surface area contributed by atoms with E-state index in [0.29, 0.717) is 5.69 Å². The van der Waals surface area contributed by atoms with Gasteiger partial charge in [-0.1, -0.05) is 19.1 Å². The van der Waals surface area contributed by atoms with Crippen molar-refractivity contribution in [1.29, 1.82) is 0 Å². The highest BCUT2D eigenvalue weighted by atomic mass is 16.1. The van der Waals surface area contributed by atoms with Crippen molar-refractivity contribution in [1.82, 2.24) is 29.8 Å². The molecule has 0 saturated carbocycles. The fourth-order valence-electron chi connectivity index (χ4n) is 4.12. The van der Waals surface area contributed by atoms with Crippen LogP contribution in [0.1, 0.15) is 34.4 Å². The lowest BCUT2D eigenvalue weighted by atomic mass is 10.1. The molecule has 1 aromatic carbocycles. The highest BCUT2D eigenvalue weighted by molar-refractivity contribution is 6.03. The molecule has 0 atom stereocenters. The third-order valence-corrected chi connectivity index (χ3v) is 6.12. The van der Waals surface area contributed by atoms with E-state index in [-0.39, 0.29) is 5.91 Å². The van der Waals surface area contributed by atoms with Gasteiger partial charge in [0.2, 0.25) is 0 Å². The fourth-order valence-corrected chi connectivity index (χ4v) is 4.12. The van der Waals surface area contributed by atoms with E-state index in [1.54, 1.807) is 6.07 Å². The molecule has 164 valence electrons. The molecule has 3 aromatic rings. The van der Waals surface area contributed by atoms with Gasteiger partial charge in [0.25, 0.3) is 5.91 Å². The number of hydrogen-bond donors (Lipinski definition) is 2. The van der Waals surface area contributed by atoms with Crippen molar-refractivity contribution in [2.45, 2.75) is 27.3 Å². The average Bonchev–Trinajstić information content (AvgIpc) is 3.34. The second-order valence-electron chi connectivity index (χ2n) is 8.20. The minimum atomic E-state index is -0.207. The van der Waals surface area contributed by atoms with Crippen LogP contribution in [0.5, 0.6) is 0 Å². The Morgan fingerprint density at radius 2 is 1.77 bits per heavy atom. The molecule has 0 unspecified atom stereocenters. The van der Waals surface area contributed by atoms with Crippen molar-refractivity contribution in [2.75, 3.05) is 38.0 Å². The first-order valence-electron chi connectivity index (χ1n) is 10.9. The van der Waals surface area contributed by atoms with Crippen molar-refractivity contribution in [3.63, 3.8) is 0 Å². The van der Waals surface area contributed by atoms with E-state index in [9.17, 15) is 4.79 Å². The van der Waals surface area contributed by atoms with Crippen LogP contribution in [0.4, 0.5) is 5.69 Å². The van der Waals surface area contributed by atoms with Crippen LogP contribution in [0.15, 0.2) is 30.3 Å². The quantitative estimate of drug-likeness (QED) is 0.640. The number of benzene rings is 1. The monoisotopic (exact) mass is 421 g/mol. The number of anilines is 1. The number of rotatable bonds is 6. The molecule has 8 heteroatoms. The zero-order chi connectivity index (χ0) is 22.0. The molecule has 4 rings (SSSR count). The number of hydrogen-bond acceptors (Lipinski definition) is 5. The van der Waals surface area contributed by atoms with Gasteiger partial charge in [0.05, 0.1) is 11.4 Å². The van der Waals surface area contributed by atoms with Gasteiger partial charge >= 0.3 is 0 Å². The summed E-state index contributed by atoms with van der Waals surface area (Å²) in [7, 11) is 1.90. The maximum Gasteiger partial charge on any atom is 0.273 e. The van der Waals surface area contributed by atoms with Gasteiger partial charge in [-0.2, -0.15) is 10.2 Å². The summed E-state index contributed by atoms with van der Waals surface area (Å²) in [6.45, 7) is 12.7. The molecule has 3 heterocycles. The second kappa shape index (κ2) is 9.03. The van der Waals surface area contributed by atoms with Crippen molar-refractivity contribution < 1.29 is 4.79 Å². The Morgan fingerprint density at radius 3 is 2.39 bits per heavy atom. The molecule has 31 heavy (non-hydrogen) atoms. The molecule has 0 radical (unpaired) electrons. The predicted octanol–water partition coefficient (Wildman–Crippen LogP) is 2.82. The lowest BCUT2D eigenvalue weighted by Gasteiger charge is -2.34. The number of nitrogens with one attached hydrogen (secondary N) is 2. The minimum Gasteiger partial charge on any atom is -0.321 e. The lowest BCUT2D eigenvalue weighted by Crippen LogP contribution is -2.45. The van der Waals surface area contributed by atoms with Crippen molar-refractivity contribution >= 4 is 11.6 Å². The summed E-state index contributed by atoms with van der Waals surface area (Å²) in [6, 6.07) is 9.87. The van der Waals surface area contributed by atoms with Gasteiger partial charge in [-0.15, -0.1) is 0 Å². The summed E-state index contributed by atoms with van der Waals surface area (Å²) in [5, 5.41) is 14.6. The summed E-state index contributed by atoms with van der Waals surface area (Å²) in [6.07, 6.45) is 0. The number of aromatic nitrogens is 4. The zero-order valence-corrected chi connectivity index (χ0v) is 18.8. The number of H-pyrrole nitrogens is 1.